The molecule has 0 unspecified atom stereocenters. The summed E-state index contributed by atoms with van der Waals surface area (Å²) in [5.74, 6) is 0. The third-order valence-corrected chi connectivity index (χ3v) is 0.485. The van der Waals surface area contributed by atoms with Crippen molar-refractivity contribution >= 4 is 6.21 Å². The van der Waals surface area contributed by atoms with Gasteiger partial charge in [0.15, 0.2) is 0 Å². The number of allylic oxidation sites excluding steroid dienone is 1. The van der Waals surface area contributed by atoms with Crippen molar-refractivity contribution in [2.45, 2.75) is 6.92 Å². The van der Waals surface area contributed by atoms with E-state index in [1.807, 2.05) is 6.92 Å². The van der Waals surface area contributed by atoms with Gasteiger partial charge in [-0.05, 0) is 19.2 Å². The second-order valence-corrected chi connectivity index (χ2v) is 1.03. The molecule has 2 heteroatoms. The van der Waals surface area contributed by atoms with E-state index >= 15 is 0 Å². The summed E-state index contributed by atoms with van der Waals surface area (Å²) in [5.41, 5.74) is 5.00. The molecule has 0 bridgehead atoms. The molecule has 0 saturated carbocycles. The smallest absolute Gasteiger partial charge is 0.0360 e. The Morgan fingerprint density at radius 2 is 2.43 bits per heavy atom. The molecule has 0 aliphatic rings. The zero-order valence-corrected chi connectivity index (χ0v) is 4.46. The first-order chi connectivity index (χ1) is 3.41. The van der Waals surface area contributed by atoms with Gasteiger partial charge in [-0.2, -0.15) is 0 Å². The Morgan fingerprint density at radius 3 is 2.86 bits per heavy atom. The lowest BCUT2D eigenvalue weighted by Crippen LogP contribution is -1.76. The van der Waals surface area contributed by atoms with E-state index in [1.54, 1.807) is 12.3 Å². The van der Waals surface area contributed by atoms with Crippen LogP contribution >= 0.6 is 0 Å². The number of hydrogen-bond donors (Lipinski definition) is 1. The predicted molar refractivity (Wildman–Crippen MR) is 32.4 cm³/mol. The topological polar surface area (TPSA) is 38.4 Å². The van der Waals surface area contributed by atoms with Crippen molar-refractivity contribution in [1.82, 2.24) is 0 Å². The van der Waals surface area contributed by atoms with E-state index < -0.39 is 0 Å². The van der Waals surface area contributed by atoms with E-state index in [2.05, 4.69) is 4.99 Å². The van der Waals surface area contributed by atoms with Crippen molar-refractivity contribution in [2.24, 2.45) is 10.7 Å². The lowest BCUT2D eigenvalue weighted by atomic mass is 10.6. The van der Waals surface area contributed by atoms with Gasteiger partial charge >= 0.3 is 0 Å². The number of nitrogens with zero attached hydrogens (tertiary/aromatic N) is 1. The maximum Gasteiger partial charge on any atom is 0.0360 e. The molecule has 0 radical (unpaired) electrons. The fraction of sp³-hybridized carbons (Fsp3) is 0.400. The minimum Gasteiger partial charge on any atom is -0.405 e. The van der Waals surface area contributed by atoms with Gasteiger partial charge in [0.25, 0.3) is 0 Å². The predicted octanol–water partition coefficient (Wildman–Crippen LogP) is 0.550. The molecule has 0 heterocycles. The molecule has 0 rings (SSSR count). The molecule has 0 aromatic carbocycles. The molecule has 2 nitrogen and oxygen atoms in total. The molecule has 0 amide bonds. The fourth-order valence-electron chi connectivity index (χ4n) is 0.216. The van der Waals surface area contributed by atoms with Gasteiger partial charge in [0.2, 0.25) is 0 Å². The van der Waals surface area contributed by atoms with Gasteiger partial charge in [0.05, 0.1) is 0 Å². The van der Waals surface area contributed by atoms with Crippen molar-refractivity contribution in [1.29, 1.82) is 0 Å². The molecule has 0 aromatic heterocycles. The van der Waals surface area contributed by atoms with E-state index in [9.17, 15) is 0 Å². The van der Waals surface area contributed by atoms with E-state index in [0.29, 0.717) is 0 Å². The molecule has 7 heavy (non-hydrogen) atoms. The third kappa shape index (κ3) is 5.21. The molecule has 2 N–H and O–H groups in total. The summed E-state index contributed by atoms with van der Waals surface area (Å²) in [7, 11) is 0. The Morgan fingerprint density at radius 1 is 1.71 bits per heavy atom. The van der Waals surface area contributed by atoms with Crippen LogP contribution in [0, 0.1) is 0 Å². The zero-order chi connectivity index (χ0) is 5.54. The Kier molecular flexibility index (Phi) is 4.62. The van der Waals surface area contributed by atoms with Crippen LogP contribution in [0.15, 0.2) is 17.3 Å². The van der Waals surface area contributed by atoms with Gasteiger partial charge in [0, 0.05) is 12.8 Å². The Hall–Kier alpha value is -0.790. The molecule has 0 aromatic rings. The van der Waals surface area contributed by atoms with Gasteiger partial charge in [-0.15, -0.1) is 0 Å². The number of hydrogen-bond acceptors (Lipinski definition) is 2. The summed E-state index contributed by atoms with van der Waals surface area (Å²) in [6.07, 6.45) is 4.84. The van der Waals surface area contributed by atoms with E-state index in [1.165, 1.54) is 6.20 Å². The van der Waals surface area contributed by atoms with Crippen molar-refractivity contribution in [2.75, 3.05) is 6.54 Å². The van der Waals surface area contributed by atoms with E-state index in [0.717, 1.165) is 6.54 Å². The van der Waals surface area contributed by atoms with Gasteiger partial charge in [0.1, 0.15) is 0 Å². The minimum absolute atomic E-state index is 0.824. The first-order valence-electron chi connectivity index (χ1n) is 2.28. The third-order valence-electron chi connectivity index (χ3n) is 0.485. The summed E-state index contributed by atoms with van der Waals surface area (Å²) in [4.78, 5) is 3.87. The maximum atomic E-state index is 5.00. The molecule has 0 aliphatic heterocycles. The lowest BCUT2D eigenvalue weighted by Gasteiger charge is -1.72. The first-order valence-corrected chi connectivity index (χ1v) is 2.28. The van der Waals surface area contributed by atoms with Crippen LogP contribution in [-0.2, 0) is 0 Å². The summed E-state index contributed by atoms with van der Waals surface area (Å²) in [5, 5.41) is 0. The van der Waals surface area contributed by atoms with Crippen LogP contribution in [-0.4, -0.2) is 12.8 Å². The second kappa shape index (κ2) is 5.21. The summed E-state index contributed by atoms with van der Waals surface area (Å²) in [6, 6.07) is 0. The molecule has 0 fully saturated rings. The van der Waals surface area contributed by atoms with Crippen LogP contribution in [0.3, 0.4) is 0 Å². The average molecular weight is 98.1 g/mol. The van der Waals surface area contributed by atoms with Crippen molar-refractivity contribution in [3.63, 3.8) is 0 Å². The summed E-state index contributed by atoms with van der Waals surface area (Å²) >= 11 is 0. The van der Waals surface area contributed by atoms with Gasteiger partial charge in [-0.3, -0.25) is 4.99 Å². The largest absolute Gasteiger partial charge is 0.405 e. The molecule has 0 spiro atoms. The standard InChI is InChI=1S/C5H10N2/c1-2-7-5-3-4-6/h3-5H,2,6H2,1H3/b4-3-,7-5?. The minimum atomic E-state index is 0.824. The van der Waals surface area contributed by atoms with Crippen LogP contribution in [0.5, 0.6) is 0 Å². The summed E-state index contributed by atoms with van der Waals surface area (Å²) in [6.45, 7) is 2.80. The first kappa shape index (κ1) is 6.21. The van der Waals surface area contributed by atoms with Crippen LogP contribution in [0.25, 0.3) is 0 Å². The van der Waals surface area contributed by atoms with Crippen LogP contribution in [0.1, 0.15) is 6.92 Å². The van der Waals surface area contributed by atoms with Crippen LogP contribution < -0.4 is 5.73 Å². The van der Waals surface area contributed by atoms with Gasteiger partial charge < -0.3 is 5.73 Å². The summed E-state index contributed by atoms with van der Waals surface area (Å²) < 4.78 is 0. The van der Waals surface area contributed by atoms with Crippen molar-refractivity contribution in [3.8, 4) is 0 Å². The highest BCUT2D eigenvalue weighted by Gasteiger charge is 1.57. The SMILES string of the molecule is CCN=C/C=C\N. The average Bonchev–Trinajstić information content (AvgIpc) is 1.69. The van der Waals surface area contributed by atoms with Crippen molar-refractivity contribution in [3.05, 3.63) is 12.3 Å². The van der Waals surface area contributed by atoms with Crippen LogP contribution in [0.2, 0.25) is 0 Å². The quantitative estimate of drug-likeness (QED) is 0.503. The zero-order valence-electron chi connectivity index (χ0n) is 4.46. The molecule has 0 saturated heterocycles. The Labute approximate surface area is 43.7 Å². The highest BCUT2D eigenvalue weighted by atomic mass is 14.7. The van der Waals surface area contributed by atoms with E-state index in [-0.39, 0.29) is 0 Å². The van der Waals surface area contributed by atoms with Crippen LogP contribution in [0.4, 0.5) is 0 Å². The Bertz CT molecular complexity index is 74.1. The monoisotopic (exact) mass is 98.1 g/mol. The highest BCUT2D eigenvalue weighted by Crippen LogP contribution is 1.62. The molecular formula is C5H10N2. The maximum absolute atomic E-state index is 5.00. The number of aliphatic imine (C=N–C) groups is 1. The molecular weight excluding hydrogens is 88.1 g/mol. The Balaban J connectivity index is 3.09. The van der Waals surface area contributed by atoms with Gasteiger partial charge in [-0.1, -0.05) is 0 Å². The fourth-order valence-corrected chi connectivity index (χ4v) is 0.216. The molecule has 0 aliphatic carbocycles. The second-order valence-electron chi connectivity index (χ2n) is 1.03. The normalized spacial score (nSPS) is 11.6. The number of nitrogens with two attached hydrogens (primary N) is 1. The van der Waals surface area contributed by atoms with E-state index in [4.69, 9.17) is 5.73 Å². The lowest BCUT2D eigenvalue weighted by molar-refractivity contribution is 1.14. The number of rotatable bonds is 2. The van der Waals surface area contributed by atoms with Crippen molar-refractivity contribution < 1.29 is 0 Å². The molecule has 40 valence electrons. The molecule has 0 atom stereocenters. The highest BCUT2D eigenvalue weighted by molar-refractivity contribution is 5.70. The van der Waals surface area contributed by atoms with Gasteiger partial charge in [-0.25, -0.2) is 0 Å².